The van der Waals surface area contributed by atoms with Crippen LogP contribution < -0.4 is 0 Å². The number of hydrogen-bond donors (Lipinski definition) is 0. The SMILES string of the molecule is FC(F)(F)COCc1cccc(-c2nc(-c3ccccc3)no2)c1. The minimum atomic E-state index is -4.34. The second-order valence-corrected chi connectivity index (χ2v) is 5.10. The van der Waals surface area contributed by atoms with Gasteiger partial charge in [-0.15, -0.1) is 0 Å². The quantitative estimate of drug-likeness (QED) is 0.690. The number of halogens is 3. The maximum absolute atomic E-state index is 12.1. The summed E-state index contributed by atoms with van der Waals surface area (Å²) in [6.45, 7) is -1.43. The number of nitrogens with zero attached hydrogens (tertiary/aromatic N) is 2. The molecule has 0 N–H and O–H groups in total. The van der Waals surface area contributed by atoms with Gasteiger partial charge in [0.15, 0.2) is 0 Å². The van der Waals surface area contributed by atoms with E-state index in [1.165, 1.54) is 0 Å². The fourth-order valence-electron chi connectivity index (χ4n) is 2.12. The van der Waals surface area contributed by atoms with Crippen LogP contribution in [0, 0.1) is 0 Å². The molecule has 0 bridgehead atoms. The number of aromatic nitrogens is 2. The standard InChI is InChI=1S/C17H13F3N2O2/c18-17(19,20)11-23-10-12-5-4-8-14(9-12)16-21-15(22-24-16)13-6-2-1-3-7-13/h1-9H,10-11H2. The summed E-state index contributed by atoms with van der Waals surface area (Å²) in [4.78, 5) is 4.31. The number of rotatable bonds is 5. The van der Waals surface area contributed by atoms with Gasteiger partial charge in [0.05, 0.1) is 6.61 Å². The topological polar surface area (TPSA) is 48.2 Å². The van der Waals surface area contributed by atoms with Gasteiger partial charge in [0.1, 0.15) is 6.61 Å². The van der Waals surface area contributed by atoms with Gasteiger partial charge in [-0.1, -0.05) is 47.6 Å². The first-order chi connectivity index (χ1) is 11.5. The molecular weight excluding hydrogens is 321 g/mol. The highest BCUT2D eigenvalue weighted by atomic mass is 19.4. The van der Waals surface area contributed by atoms with Crippen LogP contribution in [0.5, 0.6) is 0 Å². The molecule has 3 aromatic rings. The Balaban J connectivity index is 1.74. The van der Waals surface area contributed by atoms with Crippen LogP contribution in [0.25, 0.3) is 22.8 Å². The number of ether oxygens (including phenoxy) is 1. The van der Waals surface area contributed by atoms with E-state index in [0.29, 0.717) is 22.8 Å². The fourth-order valence-corrected chi connectivity index (χ4v) is 2.12. The summed E-state index contributed by atoms with van der Waals surface area (Å²) in [5.41, 5.74) is 2.03. The highest BCUT2D eigenvalue weighted by Crippen LogP contribution is 2.23. The molecule has 0 atom stereocenters. The summed E-state index contributed by atoms with van der Waals surface area (Å²) in [7, 11) is 0. The van der Waals surface area contributed by atoms with Gasteiger partial charge < -0.3 is 9.26 Å². The molecule has 0 amide bonds. The van der Waals surface area contributed by atoms with E-state index in [1.54, 1.807) is 24.3 Å². The summed E-state index contributed by atoms with van der Waals surface area (Å²) in [6, 6.07) is 16.1. The van der Waals surface area contributed by atoms with Crippen molar-refractivity contribution >= 4 is 0 Å². The largest absolute Gasteiger partial charge is 0.411 e. The van der Waals surface area contributed by atoms with Crippen molar-refractivity contribution in [3.05, 3.63) is 60.2 Å². The molecule has 7 heteroatoms. The monoisotopic (exact) mass is 334 g/mol. The smallest absolute Gasteiger partial charge is 0.367 e. The lowest BCUT2D eigenvalue weighted by Crippen LogP contribution is -2.16. The van der Waals surface area contributed by atoms with Gasteiger partial charge in [0.25, 0.3) is 5.89 Å². The zero-order chi connectivity index (χ0) is 17.0. The van der Waals surface area contributed by atoms with Crippen molar-refractivity contribution in [2.45, 2.75) is 12.8 Å². The van der Waals surface area contributed by atoms with E-state index in [4.69, 9.17) is 4.52 Å². The highest BCUT2D eigenvalue weighted by Gasteiger charge is 2.27. The van der Waals surface area contributed by atoms with E-state index < -0.39 is 12.8 Å². The zero-order valence-electron chi connectivity index (χ0n) is 12.5. The van der Waals surface area contributed by atoms with Crippen LogP contribution >= 0.6 is 0 Å². The van der Waals surface area contributed by atoms with Crippen molar-refractivity contribution in [2.75, 3.05) is 6.61 Å². The van der Waals surface area contributed by atoms with Crippen LogP contribution in [0.15, 0.2) is 59.1 Å². The average Bonchev–Trinajstić information content (AvgIpc) is 3.05. The van der Waals surface area contributed by atoms with Crippen LogP contribution in [0.2, 0.25) is 0 Å². The van der Waals surface area contributed by atoms with E-state index in [9.17, 15) is 13.2 Å². The molecule has 3 rings (SSSR count). The molecule has 0 radical (unpaired) electrons. The molecule has 0 saturated carbocycles. The Morgan fingerprint density at radius 3 is 2.46 bits per heavy atom. The maximum Gasteiger partial charge on any atom is 0.411 e. The molecule has 2 aromatic carbocycles. The van der Waals surface area contributed by atoms with Gasteiger partial charge in [0.2, 0.25) is 5.82 Å². The Hall–Kier alpha value is -2.67. The lowest BCUT2D eigenvalue weighted by molar-refractivity contribution is -0.176. The minimum absolute atomic E-state index is 0.146. The Labute approximate surface area is 135 Å². The maximum atomic E-state index is 12.1. The molecule has 0 fully saturated rings. The van der Waals surface area contributed by atoms with Crippen LogP contribution in [0.3, 0.4) is 0 Å². The van der Waals surface area contributed by atoms with Crippen LogP contribution in [0.4, 0.5) is 13.2 Å². The Morgan fingerprint density at radius 2 is 1.71 bits per heavy atom. The van der Waals surface area contributed by atoms with Crippen LogP contribution in [-0.2, 0) is 11.3 Å². The molecule has 0 spiro atoms. The van der Waals surface area contributed by atoms with Crippen molar-refractivity contribution in [1.29, 1.82) is 0 Å². The summed E-state index contributed by atoms with van der Waals surface area (Å²) in [6.07, 6.45) is -4.34. The van der Waals surface area contributed by atoms with Gasteiger partial charge in [0, 0.05) is 11.1 Å². The molecule has 0 aliphatic rings. The number of alkyl halides is 3. The molecule has 1 heterocycles. The highest BCUT2D eigenvalue weighted by molar-refractivity contribution is 5.60. The molecule has 24 heavy (non-hydrogen) atoms. The lowest BCUT2D eigenvalue weighted by Gasteiger charge is -2.07. The van der Waals surface area contributed by atoms with Gasteiger partial charge in [-0.3, -0.25) is 0 Å². The third-order valence-electron chi connectivity index (χ3n) is 3.17. The average molecular weight is 334 g/mol. The van der Waals surface area contributed by atoms with Crippen LogP contribution in [-0.4, -0.2) is 22.9 Å². The predicted molar refractivity (Wildman–Crippen MR) is 80.9 cm³/mol. The summed E-state index contributed by atoms with van der Waals surface area (Å²) in [5, 5.41) is 3.92. The number of hydrogen-bond acceptors (Lipinski definition) is 4. The van der Waals surface area contributed by atoms with E-state index in [2.05, 4.69) is 14.9 Å². The van der Waals surface area contributed by atoms with Crippen molar-refractivity contribution in [2.24, 2.45) is 0 Å². The number of benzene rings is 2. The minimum Gasteiger partial charge on any atom is -0.367 e. The molecule has 0 aliphatic heterocycles. The molecular formula is C17H13F3N2O2. The van der Waals surface area contributed by atoms with Gasteiger partial charge >= 0.3 is 6.18 Å². The van der Waals surface area contributed by atoms with E-state index in [0.717, 1.165) is 5.56 Å². The fraction of sp³-hybridized carbons (Fsp3) is 0.176. The van der Waals surface area contributed by atoms with E-state index >= 15 is 0 Å². The first-order valence-electron chi connectivity index (χ1n) is 7.14. The van der Waals surface area contributed by atoms with Gasteiger partial charge in [-0.25, -0.2) is 0 Å². The zero-order valence-corrected chi connectivity index (χ0v) is 12.5. The molecule has 4 nitrogen and oxygen atoms in total. The normalized spacial score (nSPS) is 11.6. The van der Waals surface area contributed by atoms with Crippen molar-refractivity contribution in [1.82, 2.24) is 10.1 Å². The van der Waals surface area contributed by atoms with Gasteiger partial charge in [-0.05, 0) is 17.7 Å². The van der Waals surface area contributed by atoms with Gasteiger partial charge in [-0.2, -0.15) is 18.2 Å². The summed E-state index contributed by atoms with van der Waals surface area (Å²) >= 11 is 0. The van der Waals surface area contributed by atoms with Crippen LogP contribution in [0.1, 0.15) is 5.56 Å². The lowest BCUT2D eigenvalue weighted by atomic mass is 10.1. The molecule has 124 valence electrons. The summed E-state index contributed by atoms with van der Waals surface area (Å²) in [5.74, 6) is 0.746. The predicted octanol–water partition coefficient (Wildman–Crippen LogP) is 4.48. The third kappa shape index (κ3) is 4.20. The molecule has 0 unspecified atom stereocenters. The Kier molecular flexibility index (Phi) is 4.61. The van der Waals surface area contributed by atoms with Crippen molar-refractivity contribution < 1.29 is 22.4 Å². The second-order valence-electron chi connectivity index (χ2n) is 5.10. The van der Waals surface area contributed by atoms with E-state index in [1.807, 2.05) is 30.3 Å². The Morgan fingerprint density at radius 1 is 0.958 bits per heavy atom. The van der Waals surface area contributed by atoms with Crippen molar-refractivity contribution in [3.8, 4) is 22.8 Å². The first kappa shape index (κ1) is 16.2. The Bertz CT molecular complexity index is 801. The summed E-state index contributed by atoms with van der Waals surface area (Å²) < 4.78 is 46.2. The van der Waals surface area contributed by atoms with E-state index in [-0.39, 0.29) is 6.61 Å². The molecule has 0 saturated heterocycles. The second kappa shape index (κ2) is 6.84. The third-order valence-corrected chi connectivity index (χ3v) is 3.17. The van der Waals surface area contributed by atoms with Crippen molar-refractivity contribution in [3.63, 3.8) is 0 Å². The molecule has 0 aliphatic carbocycles. The first-order valence-corrected chi connectivity index (χ1v) is 7.14. The molecule has 1 aromatic heterocycles.